The van der Waals surface area contributed by atoms with Crippen LogP contribution in [0.2, 0.25) is 0 Å². The van der Waals surface area contributed by atoms with Gasteiger partial charge in [-0.15, -0.1) is 0 Å². The van der Waals surface area contributed by atoms with Crippen LogP contribution in [0.15, 0.2) is 101 Å². The molecule has 4 aromatic carbocycles. The molecule has 0 saturated carbocycles. The lowest BCUT2D eigenvalue weighted by Gasteiger charge is -2.24. The van der Waals surface area contributed by atoms with E-state index in [4.69, 9.17) is 4.42 Å². The number of hydrogen-bond acceptors (Lipinski definition) is 3. The van der Waals surface area contributed by atoms with E-state index in [1.165, 1.54) is 6.07 Å². The summed E-state index contributed by atoms with van der Waals surface area (Å²) in [6.07, 6.45) is -4.55. The van der Waals surface area contributed by atoms with Gasteiger partial charge >= 0.3 is 12.1 Å². The second-order valence-corrected chi connectivity index (χ2v) is 11.2. The van der Waals surface area contributed by atoms with E-state index in [9.17, 15) is 23.1 Å². The summed E-state index contributed by atoms with van der Waals surface area (Å²) in [4.78, 5) is 13.9. The van der Waals surface area contributed by atoms with Crippen LogP contribution in [0.5, 0.6) is 0 Å². The molecule has 5 rings (SSSR count). The molecular formula is C35H32F3NO3. The molecule has 0 atom stereocenters. The number of rotatable bonds is 9. The second kappa shape index (κ2) is 11.5. The predicted octanol–water partition coefficient (Wildman–Crippen LogP) is 8.99. The molecule has 1 N–H and O–H groups in total. The highest BCUT2D eigenvalue weighted by Crippen LogP contribution is 2.33. The van der Waals surface area contributed by atoms with Gasteiger partial charge in [-0.25, -0.2) is 0 Å². The quantitative estimate of drug-likeness (QED) is 0.192. The van der Waals surface area contributed by atoms with Crippen molar-refractivity contribution >= 4 is 16.7 Å². The molecule has 0 saturated heterocycles. The summed E-state index contributed by atoms with van der Waals surface area (Å²) < 4.78 is 45.0. The van der Waals surface area contributed by atoms with E-state index in [2.05, 4.69) is 23.1 Å². The van der Waals surface area contributed by atoms with E-state index in [-0.39, 0.29) is 12.3 Å². The molecule has 0 fully saturated rings. The Morgan fingerprint density at radius 1 is 0.810 bits per heavy atom. The highest BCUT2D eigenvalue weighted by Gasteiger charge is 2.35. The SMILES string of the molecule is Cc1ccc2ccccc2c1CN(Cc1cccc(-c2cccc(C(C)(C)C(=O)O)c2)c1)Cc1ccc(C(F)(F)F)o1. The number of aryl methyl sites for hydroxylation is 1. The fraction of sp³-hybridized carbons (Fsp3) is 0.229. The van der Waals surface area contributed by atoms with Crippen LogP contribution in [0.3, 0.4) is 0 Å². The lowest BCUT2D eigenvalue weighted by Crippen LogP contribution is -2.28. The Balaban J connectivity index is 1.49. The molecule has 0 aliphatic rings. The van der Waals surface area contributed by atoms with Gasteiger partial charge in [-0.2, -0.15) is 13.2 Å². The van der Waals surface area contributed by atoms with Crippen LogP contribution in [0.25, 0.3) is 21.9 Å². The van der Waals surface area contributed by atoms with Crippen molar-refractivity contribution < 1.29 is 27.5 Å². The minimum Gasteiger partial charge on any atom is -0.481 e. The van der Waals surface area contributed by atoms with Crippen LogP contribution in [0.1, 0.15) is 47.6 Å². The summed E-state index contributed by atoms with van der Waals surface area (Å²) >= 11 is 0. The summed E-state index contributed by atoms with van der Waals surface area (Å²) in [5.41, 5.74) is 4.64. The maximum Gasteiger partial charge on any atom is 0.449 e. The number of carboxylic acid groups (broad SMARTS) is 1. The average molecular weight is 572 g/mol. The Hall–Kier alpha value is -4.36. The first kappa shape index (κ1) is 29.1. The molecule has 1 heterocycles. The van der Waals surface area contributed by atoms with Crippen molar-refractivity contribution in [1.82, 2.24) is 4.90 Å². The van der Waals surface area contributed by atoms with Crippen molar-refractivity contribution in [3.8, 4) is 11.1 Å². The van der Waals surface area contributed by atoms with Gasteiger partial charge < -0.3 is 9.52 Å². The molecule has 0 aliphatic heterocycles. The van der Waals surface area contributed by atoms with Gasteiger partial charge in [0.1, 0.15) is 5.76 Å². The molecule has 42 heavy (non-hydrogen) atoms. The standard InChI is InChI=1S/C35H32F3NO3/c1-23-14-15-25-9-4-5-13-30(25)31(23)22-39(21-29-16-17-32(42-29)35(36,37)38)20-24-8-6-10-26(18-24)27-11-7-12-28(19-27)34(2,3)33(40)41/h4-19H,20-22H2,1-3H3,(H,40,41). The molecule has 0 aliphatic carbocycles. The average Bonchev–Trinajstić information content (AvgIpc) is 3.44. The first-order valence-corrected chi connectivity index (χ1v) is 13.7. The number of hydrogen-bond donors (Lipinski definition) is 1. The fourth-order valence-corrected chi connectivity index (χ4v) is 5.20. The topological polar surface area (TPSA) is 53.7 Å². The number of carbonyl (C=O) groups is 1. The largest absolute Gasteiger partial charge is 0.481 e. The van der Waals surface area contributed by atoms with Crippen molar-refractivity contribution in [2.75, 3.05) is 0 Å². The number of aliphatic carboxylic acids is 1. The minimum atomic E-state index is -4.55. The van der Waals surface area contributed by atoms with Gasteiger partial charge in [0.15, 0.2) is 0 Å². The van der Waals surface area contributed by atoms with E-state index in [0.29, 0.717) is 18.7 Å². The molecule has 4 nitrogen and oxygen atoms in total. The van der Waals surface area contributed by atoms with E-state index in [1.54, 1.807) is 13.8 Å². The van der Waals surface area contributed by atoms with Crippen LogP contribution < -0.4 is 0 Å². The van der Waals surface area contributed by atoms with E-state index >= 15 is 0 Å². The Morgan fingerprint density at radius 3 is 2.24 bits per heavy atom. The molecule has 1 aromatic heterocycles. The number of halogens is 3. The van der Waals surface area contributed by atoms with Crippen LogP contribution in [0, 0.1) is 6.92 Å². The van der Waals surface area contributed by atoms with Crippen molar-refractivity contribution in [3.63, 3.8) is 0 Å². The molecule has 5 aromatic rings. The molecule has 0 radical (unpaired) electrons. The number of furan rings is 1. The summed E-state index contributed by atoms with van der Waals surface area (Å²) in [6.45, 7) is 6.54. The Labute approximate surface area is 243 Å². The lowest BCUT2D eigenvalue weighted by molar-refractivity contribution is -0.153. The number of alkyl halides is 3. The zero-order chi connectivity index (χ0) is 30.1. The Bertz CT molecular complexity index is 1740. The van der Waals surface area contributed by atoms with Gasteiger partial charge in [0, 0.05) is 13.1 Å². The smallest absolute Gasteiger partial charge is 0.449 e. The maximum atomic E-state index is 13.3. The van der Waals surface area contributed by atoms with Gasteiger partial charge in [0.05, 0.1) is 12.0 Å². The molecule has 0 spiro atoms. The fourth-order valence-electron chi connectivity index (χ4n) is 5.20. The van der Waals surface area contributed by atoms with Crippen LogP contribution in [0.4, 0.5) is 13.2 Å². The molecular weight excluding hydrogens is 539 g/mol. The molecule has 0 bridgehead atoms. The van der Waals surface area contributed by atoms with Crippen LogP contribution in [-0.2, 0) is 36.0 Å². The van der Waals surface area contributed by atoms with E-state index in [1.807, 2.05) is 73.7 Å². The van der Waals surface area contributed by atoms with Gasteiger partial charge in [-0.1, -0.05) is 78.9 Å². The normalized spacial score (nSPS) is 12.3. The van der Waals surface area contributed by atoms with Crippen molar-refractivity contribution in [2.45, 2.75) is 52.0 Å². The minimum absolute atomic E-state index is 0.186. The van der Waals surface area contributed by atoms with E-state index < -0.39 is 23.3 Å². The van der Waals surface area contributed by atoms with Gasteiger partial charge in [0.2, 0.25) is 5.76 Å². The zero-order valence-corrected chi connectivity index (χ0v) is 23.7. The third-order valence-electron chi connectivity index (χ3n) is 7.76. The number of benzene rings is 4. The third-order valence-corrected chi connectivity index (χ3v) is 7.76. The van der Waals surface area contributed by atoms with Crippen molar-refractivity contribution in [3.05, 3.63) is 131 Å². The van der Waals surface area contributed by atoms with Crippen molar-refractivity contribution in [2.24, 2.45) is 0 Å². The Kier molecular flexibility index (Phi) is 7.97. The highest BCUT2D eigenvalue weighted by molar-refractivity contribution is 5.86. The van der Waals surface area contributed by atoms with Crippen LogP contribution in [-0.4, -0.2) is 16.0 Å². The molecule has 216 valence electrons. The van der Waals surface area contributed by atoms with Gasteiger partial charge in [-0.3, -0.25) is 9.69 Å². The predicted molar refractivity (Wildman–Crippen MR) is 158 cm³/mol. The first-order valence-electron chi connectivity index (χ1n) is 13.7. The summed E-state index contributed by atoms with van der Waals surface area (Å²) in [5, 5.41) is 11.9. The van der Waals surface area contributed by atoms with Crippen molar-refractivity contribution in [1.29, 1.82) is 0 Å². The van der Waals surface area contributed by atoms with Crippen LogP contribution >= 0.6 is 0 Å². The summed E-state index contributed by atoms with van der Waals surface area (Å²) in [6, 6.07) is 30.0. The zero-order valence-electron chi connectivity index (χ0n) is 23.7. The third kappa shape index (κ3) is 6.26. The van der Waals surface area contributed by atoms with Gasteiger partial charge in [-0.05, 0) is 83.1 Å². The highest BCUT2D eigenvalue weighted by atomic mass is 19.4. The number of fused-ring (bicyclic) bond motifs is 1. The number of carboxylic acids is 1. The molecule has 0 unspecified atom stereocenters. The summed E-state index contributed by atoms with van der Waals surface area (Å²) in [5.74, 6) is -1.68. The summed E-state index contributed by atoms with van der Waals surface area (Å²) in [7, 11) is 0. The maximum absolute atomic E-state index is 13.3. The second-order valence-electron chi connectivity index (χ2n) is 11.2. The Morgan fingerprint density at radius 2 is 1.52 bits per heavy atom. The van der Waals surface area contributed by atoms with E-state index in [0.717, 1.165) is 44.7 Å². The lowest BCUT2D eigenvalue weighted by atomic mass is 9.83. The monoisotopic (exact) mass is 571 g/mol. The molecule has 0 amide bonds. The number of nitrogens with zero attached hydrogens (tertiary/aromatic N) is 1. The first-order chi connectivity index (χ1) is 19.9. The molecule has 7 heteroatoms. The van der Waals surface area contributed by atoms with Gasteiger partial charge in [0.25, 0.3) is 0 Å².